The van der Waals surface area contributed by atoms with Crippen molar-refractivity contribution >= 4 is 28.9 Å². The van der Waals surface area contributed by atoms with Crippen LogP contribution >= 0.6 is 0 Å². The maximum Gasteiger partial charge on any atom is 0.269 e. The lowest BCUT2D eigenvalue weighted by Crippen LogP contribution is -2.34. The second kappa shape index (κ2) is 6.11. The number of nitro benzene ring substituents is 1. The van der Waals surface area contributed by atoms with E-state index in [9.17, 15) is 19.7 Å². The minimum absolute atomic E-state index is 0.0317. The Balaban J connectivity index is 1.77. The van der Waals surface area contributed by atoms with E-state index in [4.69, 9.17) is 0 Å². The van der Waals surface area contributed by atoms with Crippen LogP contribution in [0, 0.1) is 17.0 Å². The highest BCUT2D eigenvalue weighted by Crippen LogP contribution is 2.26. The third kappa shape index (κ3) is 2.96. The van der Waals surface area contributed by atoms with E-state index < -0.39 is 11.0 Å². The van der Waals surface area contributed by atoms with Crippen LogP contribution in [-0.4, -0.2) is 22.8 Å². The zero-order valence-electron chi connectivity index (χ0n) is 12.9. The third-order valence-electron chi connectivity index (χ3n) is 3.83. The van der Waals surface area contributed by atoms with Gasteiger partial charge < -0.3 is 5.32 Å². The van der Waals surface area contributed by atoms with E-state index >= 15 is 0 Å². The number of carbonyl (C=O) groups excluding carboxylic acids is 2. The summed E-state index contributed by atoms with van der Waals surface area (Å²) in [5.41, 5.74) is 2.03. The number of hydrogen-bond donors (Lipinski definition) is 1. The molecule has 2 amide bonds. The highest BCUT2D eigenvalue weighted by atomic mass is 16.6. The first kappa shape index (κ1) is 15.7. The molecule has 1 atom stereocenters. The summed E-state index contributed by atoms with van der Waals surface area (Å²) in [6.45, 7) is 1.89. The number of imide groups is 1. The van der Waals surface area contributed by atoms with Gasteiger partial charge in [-0.2, -0.15) is 0 Å². The molecule has 2 aromatic rings. The number of benzene rings is 2. The van der Waals surface area contributed by atoms with Crippen LogP contribution in [0.2, 0.25) is 0 Å². The van der Waals surface area contributed by atoms with Crippen molar-refractivity contribution in [1.82, 2.24) is 0 Å². The van der Waals surface area contributed by atoms with E-state index in [0.717, 1.165) is 5.56 Å². The molecule has 1 aliphatic heterocycles. The SMILES string of the molecule is Cc1cccc(N2C(=O)CC(Nc3ccc([N+](=O)[O-])cc3)C2=O)c1. The zero-order chi connectivity index (χ0) is 17.3. The second-order valence-electron chi connectivity index (χ2n) is 5.61. The van der Waals surface area contributed by atoms with Gasteiger partial charge >= 0.3 is 0 Å². The predicted octanol–water partition coefficient (Wildman–Crippen LogP) is 2.65. The average Bonchev–Trinajstić information content (AvgIpc) is 2.82. The lowest BCUT2D eigenvalue weighted by molar-refractivity contribution is -0.384. The van der Waals surface area contributed by atoms with E-state index in [1.54, 1.807) is 18.2 Å². The van der Waals surface area contributed by atoms with Gasteiger partial charge in [0.2, 0.25) is 5.91 Å². The zero-order valence-corrected chi connectivity index (χ0v) is 12.9. The molecule has 1 unspecified atom stereocenters. The second-order valence-corrected chi connectivity index (χ2v) is 5.61. The Labute approximate surface area is 138 Å². The topological polar surface area (TPSA) is 92.6 Å². The Morgan fingerprint density at radius 1 is 1.17 bits per heavy atom. The van der Waals surface area contributed by atoms with Crippen LogP contribution in [-0.2, 0) is 9.59 Å². The van der Waals surface area contributed by atoms with E-state index in [2.05, 4.69) is 5.32 Å². The lowest BCUT2D eigenvalue weighted by atomic mass is 10.2. The molecule has 1 fully saturated rings. The molecule has 0 aliphatic carbocycles. The van der Waals surface area contributed by atoms with E-state index in [0.29, 0.717) is 11.4 Å². The highest BCUT2D eigenvalue weighted by Gasteiger charge is 2.39. The highest BCUT2D eigenvalue weighted by molar-refractivity contribution is 6.23. The van der Waals surface area contributed by atoms with Gasteiger partial charge in [-0.1, -0.05) is 12.1 Å². The first-order valence-electron chi connectivity index (χ1n) is 7.40. The summed E-state index contributed by atoms with van der Waals surface area (Å²) in [7, 11) is 0. The summed E-state index contributed by atoms with van der Waals surface area (Å²) in [6.07, 6.45) is 0.0454. The van der Waals surface area contributed by atoms with Crippen molar-refractivity contribution in [3.05, 3.63) is 64.2 Å². The number of aryl methyl sites for hydroxylation is 1. The summed E-state index contributed by atoms with van der Waals surface area (Å²) < 4.78 is 0. The van der Waals surface area contributed by atoms with Crippen molar-refractivity contribution in [1.29, 1.82) is 0 Å². The normalized spacial score (nSPS) is 17.2. The van der Waals surface area contributed by atoms with Gasteiger partial charge in [-0.15, -0.1) is 0 Å². The first-order valence-corrected chi connectivity index (χ1v) is 7.40. The molecular formula is C17H15N3O4. The van der Waals surface area contributed by atoms with Gasteiger partial charge in [0.05, 0.1) is 17.0 Å². The molecule has 0 radical (unpaired) electrons. The molecule has 1 N–H and O–H groups in total. The molecule has 1 saturated heterocycles. The van der Waals surface area contributed by atoms with Gasteiger partial charge in [-0.25, -0.2) is 4.90 Å². The molecule has 7 heteroatoms. The fraction of sp³-hybridized carbons (Fsp3) is 0.176. The quantitative estimate of drug-likeness (QED) is 0.530. The van der Waals surface area contributed by atoms with Gasteiger partial charge in [0.1, 0.15) is 6.04 Å². The summed E-state index contributed by atoms with van der Waals surface area (Å²) in [4.78, 5) is 36.1. The van der Waals surface area contributed by atoms with Crippen LogP contribution in [0.15, 0.2) is 48.5 Å². The van der Waals surface area contributed by atoms with Crippen molar-refractivity contribution in [2.24, 2.45) is 0 Å². The Kier molecular flexibility index (Phi) is 3.99. The monoisotopic (exact) mass is 325 g/mol. The Morgan fingerprint density at radius 3 is 2.50 bits per heavy atom. The van der Waals surface area contributed by atoms with Crippen LogP contribution < -0.4 is 10.2 Å². The Hall–Kier alpha value is -3.22. The number of amides is 2. The van der Waals surface area contributed by atoms with Crippen LogP contribution in [0.3, 0.4) is 0 Å². The Morgan fingerprint density at radius 2 is 1.88 bits per heavy atom. The van der Waals surface area contributed by atoms with Gasteiger partial charge in [0, 0.05) is 17.8 Å². The number of carbonyl (C=O) groups is 2. The maximum absolute atomic E-state index is 12.5. The molecule has 0 aromatic heterocycles. The Bertz CT molecular complexity index is 817. The molecule has 1 aliphatic rings. The molecule has 122 valence electrons. The van der Waals surface area contributed by atoms with Crippen LogP contribution in [0.25, 0.3) is 0 Å². The number of nitro groups is 1. The van der Waals surface area contributed by atoms with Gasteiger partial charge in [0.15, 0.2) is 0 Å². The number of hydrogen-bond acceptors (Lipinski definition) is 5. The molecular weight excluding hydrogens is 310 g/mol. The largest absolute Gasteiger partial charge is 0.373 e. The minimum Gasteiger partial charge on any atom is -0.373 e. The van der Waals surface area contributed by atoms with E-state index in [-0.39, 0.29) is 23.9 Å². The van der Waals surface area contributed by atoms with E-state index in [1.807, 2.05) is 13.0 Å². The molecule has 3 rings (SSSR count). The standard InChI is InChI=1S/C17H15N3O4/c1-11-3-2-4-14(9-11)19-16(21)10-15(17(19)22)18-12-5-7-13(8-6-12)20(23)24/h2-9,15,18H,10H2,1H3. The average molecular weight is 325 g/mol. The molecule has 7 nitrogen and oxygen atoms in total. The number of nitrogens with one attached hydrogen (secondary N) is 1. The predicted molar refractivity (Wildman–Crippen MR) is 88.8 cm³/mol. The first-order chi connectivity index (χ1) is 11.5. The molecule has 0 saturated carbocycles. The van der Waals surface area contributed by atoms with Crippen molar-refractivity contribution in [3.63, 3.8) is 0 Å². The van der Waals surface area contributed by atoms with Crippen LogP contribution in [0.1, 0.15) is 12.0 Å². The van der Waals surface area contributed by atoms with Gasteiger partial charge in [-0.05, 0) is 36.8 Å². The minimum atomic E-state index is -0.681. The van der Waals surface area contributed by atoms with Gasteiger partial charge in [-0.3, -0.25) is 19.7 Å². The maximum atomic E-state index is 12.5. The van der Waals surface area contributed by atoms with Gasteiger partial charge in [0.25, 0.3) is 11.6 Å². The van der Waals surface area contributed by atoms with Crippen molar-refractivity contribution < 1.29 is 14.5 Å². The van der Waals surface area contributed by atoms with Crippen molar-refractivity contribution in [2.75, 3.05) is 10.2 Å². The fourth-order valence-electron chi connectivity index (χ4n) is 2.66. The summed E-state index contributed by atoms with van der Waals surface area (Å²) in [6, 6.07) is 12.2. The molecule has 2 aromatic carbocycles. The number of rotatable bonds is 4. The molecule has 0 bridgehead atoms. The number of non-ortho nitro benzene ring substituents is 1. The fourth-order valence-corrected chi connectivity index (χ4v) is 2.66. The lowest BCUT2D eigenvalue weighted by Gasteiger charge is -2.16. The molecule has 24 heavy (non-hydrogen) atoms. The number of anilines is 2. The summed E-state index contributed by atoms with van der Waals surface area (Å²) >= 11 is 0. The summed E-state index contributed by atoms with van der Waals surface area (Å²) in [5, 5.41) is 13.6. The van der Waals surface area contributed by atoms with Crippen LogP contribution in [0.5, 0.6) is 0 Å². The van der Waals surface area contributed by atoms with E-state index in [1.165, 1.54) is 29.2 Å². The van der Waals surface area contributed by atoms with Crippen LogP contribution in [0.4, 0.5) is 17.1 Å². The van der Waals surface area contributed by atoms with Crippen molar-refractivity contribution in [2.45, 2.75) is 19.4 Å². The third-order valence-corrected chi connectivity index (χ3v) is 3.83. The molecule has 0 spiro atoms. The molecule has 1 heterocycles. The number of nitrogens with zero attached hydrogens (tertiary/aromatic N) is 2. The van der Waals surface area contributed by atoms with Crippen molar-refractivity contribution in [3.8, 4) is 0 Å². The smallest absolute Gasteiger partial charge is 0.269 e. The summed E-state index contributed by atoms with van der Waals surface area (Å²) in [5.74, 6) is -0.603.